The van der Waals surface area contributed by atoms with E-state index in [1.165, 1.54) is 0 Å². The zero-order valence-corrected chi connectivity index (χ0v) is 56.7. The molecule has 0 spiro atoms. The van der Waals surface area contributed by atoms with E-state index in [0.717, 1.165) is 174 Å². The van der Waals surface area contributed by atoms with E-state index in [9.17, 15) is 19.2 Å². The van der Waals surface area contributed by atoms with Gasteiger partial charge in [0.15, 0.2) is 16.6 Å². The lowest BCUT2D eigenvalue weighted by Gasteiger charge is -2.37. The smallest absolute Gasteiger partial charge is 0.416 e. The Morgan fingerprint density at radius 3 is 1.29 bits per heavy atom. The van der Waals surface area contributed by atoms with Crippen molar-refractivity contribution in [3.63, 3.8) is 0 Å². The van der Waals surface area contributed by atoms with Crippen LogP contribution in [0.25, 0.3) is 0 Å². The zero-order valence-electron chi connectivity index (χ0n) is 53.7. The van der Waals surface area contributed by atoms with Crippen LogP contribution in [-0.4, -0.2) is 247 Å². The van der Waals surface area contributed by atoms with Crippen LogP contribution < -0.4 is 10.6 Å². The molecule has 0 fully saturated rings. The van der Waals surface area contributed by atoms with Crippen molar-refractivity contribution < 1.29 is 50.8 Å². The van der Waals surface area contributed by atoms with Gasteiger partial charge in [-0.2, -0.15) is 0 Å². The molecule has 4 amide bonds. The highest BCUT2D eigenvalue weighted by Crippen LogP contribution is 2.24. The Morgan fingerprint density at radius 2 is 0.859 bits per heavy atom. The van der Waals surface area contributed by atoms with E-state index in [4.69, 9.17) is 27.2 Å². The molecule has 0 radical (unpaired) electrons. The fraction of sp³-hybridized carbons (Fsp3) is 0.930. The average Bonchev–Trinajstić information content (AvgIpc) is 3.31. The van der Waals surface area contributed by atoms with Crippen LogP contribution in [0.4, 0.5) is 9.59 Å². The highest BCUT2D eigenvalue weighted by molar-refractivity contribution is 6.87. The van der Waals surface area contributed by atoms with E-state index in [1.807, 2.05) is 4.90 Å². The molecule has 0 aromatic heterocycles. The lowest BCUT2D eigenvalue weighted by molar-refractivity contribution is -0.830. The molecule has 0 heterocycles. The van der Waals surface area contributed by atoms with Gasteiger partial charge in [0.1, 0.15) is 13.2 Å². The Kier molecular flexibility index (Phi) is 47.5. The second kappa shape index (κ2) is 47.5. The molecule has 0 aliphatic heterocycles. The number of hydrogen-bond acceptors (Lipinski definition) is 14. The molecule has 0 saturated heterocycles. The van der Waals surface area contributed by atoms with Crippen molar-refractivity contribution in [2.45, 2.75) is 181 Å². The number of esters is 2. The first kappa shape index (κ1) is 78.0. The van der Waals surface area contributed by atoms with E-state index < -0.39 is 25.2 Å². The second-order valence-electron chi connectivity index (χ2n) is 24.6. The van der Waals surface area contributed by atoms with Gasteiger partial charge in [0.05, 0.1) is 33.4 Å². The largest absolute Gasteiger partial charge is 0.463 e. The van der Waals surface area contributed by atoms with Crippen molar-refractivity contribution >= 4 is 49.2 Å². The molecule has 0 bridgehead atoms. The third-order valence-corrected chi connectivity index (χ3v) is 22.9. The van der Waals surface area contributed by atoms with Gasteiger partial charge < -0.3 is 62.3 Å². The first-order valence-corrected chi connectivity index (χ1v) is 39.6. The Morgan fingerprint density at radius 1 is 0.449 bits per heavy atom. The molecule has 0 aliphatic rings. The summed E-state index contributed by atoms with van der Waals surface area (Å²) in [5.41, 5.74) is 0. The molecular formula is C57H125N8O10Si3+. The molecule has 21 heteroatoms. The van der Waals surface area contributed by atoms with Crippen LogP contribution in [0.1, 0.15) is 129 Å². The standard InChI is InChI=1S/C31H70N4O6Si3.C26H54N4O4/c1-33(2)22-17-24-35(25-18-23-34(3)4)31(37)32-21-16-14-12-13-15-20-30(36)39-28-27-38-26-19-29-43(8,9)41-44(10,11)40-42(5,6)7;1-7-8-22-33-23-24-34-25(31)16-12-10-9-11-13-17-27-26(32)30(6,20-14-18-28(2)3)21-15-19-29(4)5/h12-29H2,1-11H3,(H,32,37);7-24H2,1-6H3/p+1. The summed E-state index contributed by atoms with van der Waals surface area (Å²) in [6.45, 7) is 29.2. The van der Waals surface area contributed by atoms with Crippen LogP contribution >= 0.6 is 0 Å². The van der Waals surface area contributed by atoms with Crippen LogP contribution in [0.2, 0.25) is 51.9 Å². The number of urea groups is 2. The first-order chi connectivity index (χ1) is 36.6. The van der Waals surface area contributed by atoms with Crippen molar-refractivity contribution in [2.75, 3.05) is 169 Å². The van der Waals surface area contributed by atoms with Crippen LogP contribution in [0.5, 0.6) is 0 Å². The summed E-state index contributed by atoms with van der Waals surface area (Å²) in [5.74, 6) is -0.284. The predicted octanol–water partition coefficient (Wildman–Crippen LogP) is 9.71. The summed E-state index contributed by atoms with van der Waals surface area (Å²) in [6, 6.07) is 1.21. The van der Waals surface area contributed by atoms with Crippen LogP contribution in [0.15, 0.2) is 0 Å². The number of unbranched alkanes of at least 4 members (excludes halogenated alkanes) is 9. The third-order valence-electron chi connectivity index (χ3n) is 12.8. The van der Waals surface area contributed by atoms with Gasteiger partial charge in [0.2, 0.25) is 0 Å². The number of nitrogens with zero attached hydrogens (tertiary/aromatic N) is 6. The van der Waals surface area contributed by atoms with Crippen LogP contribution in [0, 0.1) is 0 Å². The molecule has 0 atom stereocenters. The summed E-state index contributed by atoms with van der Waals surface area (Å²) in [7, 11) is 13.1. The third kappa shape index (κ3) is 52.1. The number of ether oxygens (including phenoxy) is 4. The van der Waals surface area contributed by atoms with Crippen LogP contribution in [0.3, 0.4) is 0 Å². The molecular weight excluding hydrogens is 1040 g/mol. The zero-order chi connectivity index (χ0) is 59.3. The topological polar surface area (TPSA) is 164 Å². The number of nitrogens with one attached hydrogen (secondary N) is 2. The minimum atomic E-state index is -2.11. The Bertz CT molecular complexity index is 1470. The molecule has 18 nitrogen and oxygen atoms in total. The second-order valence-corrected chi connectivity index (χ2v) is 37.2. The lowest BCUT2D eigenvalue weighted by atomic mass is 10.1. The monoisotopic (exact) mass is 1170 g/mol. The van der Waals surface area contributed by atoms with E-state index >= 15 is 0 Å². The van der Waals surface area contributed by atoms with Gasteiger partial charge in [-0.1, -0.05) is 51.9 Å². The summed E-state index contributed by atoms with van der Waals surface area (Å²) in [6.07, 6.45) is 17.8. The average molecular weight is 1170 g/mol. The summed E-state index contributed by atoms with van der Waals surface area (Å²) in [4.78, 5) is 60.0. The van der Waals surface area contributed by atoms with Crippen LogP contribution in [-0.2, 0) is 36.8 Å². The normalized spacial score (nSPS) is 12.3. The summed E-state index contributed by atoms with van der Waals surface area (Å²) < 4.78 is 34.9. The Labute approximate surface area is 482 Å². The molecule has 0 aromatic carbocycles. The minimum absolute atomic E-state index is 0.0439. The van der Waals surface area contributed by atoms with Gasteiger partial charge in [-0.15, -0.1) is 0 Å². The molecule has 464 valence electrons. The maximum absolute atomic E-state index is 13.0. The number of quaternary nitrogens is 1. The molecule has 0 aromatic rings. The number of carbonyl (C=O) groups excluding carboxylic acids is 4. The number of rotatable bonds is 49. The van der Waals surface area contributed by atoms with Crippen molar-refractivity contribution in [1.82, 2.24) is 35.1 Å². The fourth-order valence-corrected chi connectivity index (χ4v) is 22.1. The van der Waals surface area contributed by atoms with Gasteiger partial charge >= 0.3 is 32.6 Å². The van der Waals surface area contributed by atoms with E-state index in [0.29, 0.717) is 63.4 Å². The molecule has 2 N–H and O–H groups in total. The van der Waals surface area contributed by atoms with Gasteiger partial charge in [-0.05, 0) is 173 Å². The van der Waals surface area contributed by atoms with E-state index in [-0.39, 0.29) is 24.0 Å². The molecule has 78 heavy (non-hydrogen) atoms. The minimum Gasteiger partial charge on any atom is -0.463 e. The Hall–Kier alpha value is -2.03. The van der Waals surface area contributed by atoms with Gasteiger partial charge in [-0.25, -0.2) is 14.1 Å². The van der Waals surface area contributed by atoms with Crippen molar-refractivity contribution in [1.29, 1.82) is 0 Å². The maximum Gasteiger partial charge on any atom is 0.416 e. The number of carbonyl (C=O) groups is 4. The molecule has 0 aliphatic carbocycles. The van der Waals surface area contributed by atoms with E-state index in [1.54, 1.807) is 0 Å². The summed E-state index contributed by atoms with van der Waals surface area (Å²) in [5, 5.41) is 6.27. The van der Waals surface area contributed by atoms with Gasteiger partial charge in [0.25, 0.3) is 0 Å². The lowest BCUT2D eigenvalue weighted by Crippen LogP contribution is -2.56. The van der Waals surface area contributed by atoms with Crippen molar-refractivity contribution in [3.8, 4) is 0 Å². The number of amides is 4. The first-order valence-electron chi connectivity index (χ1n) is 30.3. The van der Waals surface area contributed by atoms with Gasteiger partial charge in [0, 0.05) is 78.2 Å². The summed E-state index contributed by atoms with van der Waals surface area (Å²) >= 11 is 0. The Balaban J connectivity index is 0. The predicted molar refractivity (Wildman–Crippen MR) is 331 cm³/mol. The number of hydrogen-bond donors (Lipinski definition) is 2. The van der Waals surface area contributed by atoms with Crippen molar-refractivity contribution in [2.24, 2.45) is 0 Å². The molecule has 0 unspecified atom stereocenters. The molecule has 0 saturated carbocycles. The van der Waals surface area contributed by atoms with Gasteiger partial charge in [-0.3, -0.25) is 9.59 Å². The molecule has 0 rings (SSSR count). The highest BCUT2D eigenvalue weighted by Gasteiger charge is 2.37. The SMILES string of the molecule is CCCCOCCOC(=O)CCCCCCCNC(=O)[N+](C)(CCCN(C)C)CCCN(C)C.CN(C)CCCN(CCCN(C)C)C(=O)NCCCCCCCC(=O)OCCOCCC[Si](C)(C)O[Si](C)(C)O[Si](C)(C)C. The van der Waals surface area contributed by atoms with Crippen molar-refractivity contribution in [3.05, 3.63) is 0 Å². The highest BCUT2D eigenvalue weighted by atomic mass is 28.5. The van der Waals surface area contributed by atoms with E-state index in [2.05, 4.69) is 146 Å². The fourth-order valence-electron chi connectivity index (χ4n) is 8.90. The maximum atomic E-state index is 13.0. The quantitative estimate of drug-likeness (QED) is 0.0256.